The predicted molar refractivity (Wildman–Crippen MR) is 60.9 cm³/mol. The molecule has 0 spiro atoms. The van der Waals surface area contributed by atoms with E-state index in [0.717, 1.165) is 12.1 Å². The van der Waals surface area contributed by atoms with Crippen LogP contribution in [0.3, 0.4) is 0 Å². The minimum Gasteiger partial charge on any atom is -0.392 e. The van der Waals surface area contributed by atoms with Gasteiger partial charge in [0, 0.05) is 12.6 Å². The summed E-state index contributed by atoms with van der Waals surface area (Å²) in [5.41, 5.74) is -0.208. The number of nitrogens with zero attached hydrogens (tertiary/aromatic N) is 1. The average Bonchev–Trinajstić information content (AvgIpc) is 2.19. The molecule has 0 bridgehead atoms. The Bertz CT molecular complexity index is 412. The van der Waals surface area contributed by atoms with Crippen LogP contribution >= 0.6 is 15.9 Å². The third-order valence-electron chi connectivity index (χ3n) is 1.84. The second-order valence-electron chi connectivity index (χ2n) is 3.24. The van der Waals surface area contributed by atoms with Gasteiger partial charge in [-0.1, -0.05) is 0 Å². The quantitative estimate of drug-likeness (QED) is 0.659. The number of aliphatic hydroxyl groups is 1. The van der Waals surface area contributed by atoms with E-state index in [4.69, 9.17) is 5.11 Å². The van der Waals surface area contributed by atoms with Crippen LogP contribution in [0.4, 0.5) is 15.8 Å². The van der Waals surface area contributed by atoms with Gasteiger partial charge in [0.25, 0.3) is 5.69 Å². The normalized spacial score (nSPS) is 12.2. The Morgan fingerprint density at radius 2 is 2.31 bits per heavy atom. The molecule has 0 aliphatic rings. The first-order valence-corrected chi connectivity index (χ1v) is 5.27. The van der Waals surface area contributed by atoms with Crippen molar-refractivity contribution in [2.45, 2.75) is 13.0 Å². The van der Waals surface area contributed by atoms with Gasteiger partial charge in [0.05, 0.1) is 15.5 Å². The van der Waals surface area contributed by atoms with E-state index in [1.165, 1.54) is 6.92 Å². The fraction of sp³-hybridized carbons (Fsp3) is 0.333. The highest BCUT2D eigenvalue weighted by Crippen LogP contribution is 2.34. The molecular weight excluding hydrogens is 283 g/mol. The van der Waals surface area contributed by atoms with Crippen LogP contribution < -0.4 is 5.32 Å². The third kappa shape index (κ3) is 2.89. The van der Waals surface area contributed by atoms with E-state index in [1.807, 2.05) is 0 Å². The molecule has 2 N–H and O–H groups in total. The van der Waals surface area contributed by atoms with Gasteiger partial charge < -0.3 is 10.4 Å². The summed E-state index contributed by atoms with van der Waals surface area (Å²) in [4.78, 5) is 10.1. The number of aliphatic hydroxyl groups excluding tert-OH is 1. The van der Waals surface area contributed by atoms with Crippen molar-refractivity contribution in [1.29, 1.82) is 0 Å². The maximum absolute atomic E-state index is 13.2. The molecule has 88 valence electrons. The lowest BCUT2D eigenvalue weighted by Crippen LogP contribution is -2.16. The summed E-state index contributed by atoms with van der Waals surface area (Å²) in [5, 5.41) is 22.4. The molecule has 0 aliphatic carbocycles. The van der Waals surface area contributed by atoms with Gasteiger partial charge in [-0.25, -0.2) is 4.39 Å². The number of benzene rings is 1. The number of rotatable bonds is 4. The summed E-state index contributed by atoms with van der Waals surface area (Å²) in [6.07, 6.45) is -0.685. The highest BCUT2D eigenvalue weighted by atomic mass is 79.9. The summed E-state index contributed by atoms with van der Waals surface area (Å²) >= 11 is 2.93. The Hall–Kier alpha value is -1.21. The summed E-state index contributed by atoms with van der Waals surface area (Å²) in [7, 11) is 0. The Morgan fingerprint density at radius 3 is 2.81 bits per heavy atom. The number of halogens is 2. The summed E-state index contributed by atoms with van der Waals surface area (Å²) in [6.45, 7) is 1.62. The second-order valence-corrected chi connectivity index (χ2v) is 4.04. The fourth-order valence-corrected chi connectivity index (χ4v) is 1.59. The number of nitrogens with one attached hydrogen (secondary N) is 1. The van der Waals surface area contributed by atoms with Gasteiger partial charge in [-0.15, -0.1) is 0 Å². The zero-order valence-electron chi connectivity index (χ0n) is 8.41. The first-order valence-electron chi connectivity index (χ1n) is 4.47. The van der Waals surface area contributed by atoms with Crippen molar-refractivity contribution >= 4 is 27.3 Å². The van der Waals surface area contributed by atoms with Crippen molar-refractivity contribution < 1.29 is 14.4 Å². The SMILES string of the molecule is C[C@@H](O)CNc1c([N+](=O)[O-])ccc(F)c1Br. The van der Waals surface area contributed by atoms with Crippen LogP contribution in [0, 0.1) is 15.9 Å². The molecule has 0 unspecified atom stereocenters. The lowest BCUT2D eigenvalue weighted by atomic mass is 10.2. The molecule has 0 aromatic heterocycles. The lowest BCUT2D eigenvalue weighted by molar-refractivity contribution is -0.384. The maximum atomic E-state index is 13.2. The van der Waals surface area contributed by atoms with Crippen LogP contribution in [0.25, 0.3) is 0 Å². The van der Waals surface area contributed by atoms with Gasteiger partial charge in [-0.3, -0.25) is 10.1 Å². The first-order chi connectivity index (χ1) is 7.43. The second kappa shape index (κ2) is 5.22. The van der Waals surface area contributed by atoms with Crippen molar-refractivity contribution in [3.8, 4) is 0 Å². The highest BCUT2D eigenvalue weighted by Gasteiger charge is 2.19. The molecule has 1 rings (SSSR count). The fourth-order valence-electron chi connectivity index (χ4n) is 1.11. The van der Waals surface area contributed by atoms with E-state index < -0.39 is 16.8 Å². The van der Waals surface area contributed by atoms with E-state index in [-0.39, 0.29) is 22.4 Å². The topological polar surface area (TPSA) is 75.4 Å². The van der Waals surface area contributed by atoms with Crippen LogP contribution in [0.1, 0.15) is 6.92 Å². The molecule has 0 saturated heterocycles. The predicted octanol–water partition coefficient (Wildman–Crippen LogP) is 2.29. The summed E-state index contributed by atoms with van der Waals surface area (Å²) in [6, 6.07) is 2.08. The monoisotopic (exact) mass is 292 g/mol. The van der Waals surface area contributed by atoms with Crippen LogP contribution in [-0.2, 0) is 0 Å². The van der Waals surface area contributed by atoms with Crippen molar-refractivity contribution in [3.63, 3.8) is 0 Å². The smallest absolute Gasteiger partial charge is 0.293 e. The zero-order chi connectivity index (χ0) is 12.3. The molecule has 1 aromatic carbocycles. The van der Waals surface area contributed by atoms with E-state index in [2.05, 4.69) is 21.2 Å². The Morgan fingerprint density at radius 1 is 1.69 bits per heavy atom. The number of nitro benzene ring substituents is 1. The number of anilines is 1. The van der Waals surface area contributed by atoms with Crippen molar-refractivity contribution in [3.05, 3.63) is 32.5 Å². The van der Waals surface area contributed by atoms with Crippen molar-refractivity contribution in [2.75, 3.05) is 11.9 Å². The molecule has 16 heavy (non-hydrogen) atoms. The van der Waals surface area contributed by atoms with E-state index in [0.29, 0.717) is 0 Å². The Balaban J connectivity index is 3.11. The van der Waals surface area contributed by atoms with E-state index in [1.54, 1.807) is 0 Å². The molecule has 0 fully saturated rings. The number of hydrogen-bond acceptors (Lipinski definition) is 4. The van der Waals surface area contributed by atoms with E-state index in [9.17, 15) is 14.5 Å². The van der Waals surface area contributed by atoms with Gasteiger partial charge >= 0.3 is 0 Å². The first kappa shape index (κ1) is 12.9. The molecule has 0 saturated carbocycles. The Kier molecular flexibility index (Phi) is 4.19. The summed E-state index contributed by atoms with van der Waals surface area (Å²) in [5.74, 6) is -0.598. The van der Waals surface area contributed by atoms with Gasteiger partial charge in [0.2, 0.25) is 0 Å². The number of hydrogen-bond donors (Lipinski definition) is 2. The molecule has 0 radical (unpaired) electrons. The van der Waals surface area contributed by atoms with Crippen molar-refractivity contribution in [1.82, 2.24) is 0 Å². The molecule has 0 heterocycles. The van der Waals surface area contributed by atoms with Crippen LogP contribution in [-0.4, -0.2) is 22.7 Å². The molecule has 1 atom stereocenters. The molecule has 0 amide bonds. The largest absolute Gasteiger partial charge is 0.392 e. The minimum absolute atomic E-state index is 0.0117. The maximum Gasteiger partial charge on any atom is 0.293 e. The van der Waals surface area contributed by atoms with Crippen molar-refractivity contribution in [2.24, 2.45) is 0 Å². The van der Waals surface area contributed by atoms with Gasteiger partial charge in [-0.2, -0.15) is 0 Å². The van der Waals surface area contributed by atoms with Gasteiger partial charge in [-0.05, 0) is 28.9 Å². The highest BCUT2D eigenvalue weighted by molar-refractivity contribution is 9.10. The summed E-state index contributed by atoms with van der Waals surface area (Å²) < 4.78 is 13.2. The van der Waals surface area contributed by atoms with Crippen LogP contribution in [0.5, 0.6) is 0 Å². The zero-order valence-corrected chi connectivity index (χ0v) is 9.99. The van der Waals surface area contributed by atoms with E-state index >= 15 is 0 Å². The Labute approximate surface area is 99.6 Å². The number of nitro groups is 1. The molecular formula is C9H10BrFN2O3. The minimum atomic E-state index is -0.685. The molecule has 7 heteroatoms. The average molecular weight is 293 g/mol. The lowest BCUT2D eigenvalue weighted by Gasteiger charge is -2.10. The molecule has 0 aliphatic heterocycles. The van der Waals surface area contributed by atoms with Gasteiger partial charge in [0.1, 0.15) is 11.5 Å². The molecule has 5 nitrogen and oxygen atoms in total. The van der Waals surface area contributed by atoms with Crippen LogP contribution in [0.15, 0.2) is 16.6 Å². The van der Waals surface area contributed by atoms with Gasteiger partial charge in [0.15, 0.2) is 0 Å². The van der Waals surface area contributed by atoms with Crippen LogP contribution in [0.2, 0.25) is 0 Å². The third-order valence-corrected chi connectivity index (χ3v) is 2.62. The standard InChI is InChI=1S/C9H10BrFN2O3/c1-5(14)4-12-9-7(13(15)16)3-2-6(11)8(9)10/h2-3,5,12,14H,4H2,1H3/t5-/m1/s1. The molecule has 1 aromatic rings.